The van der Waals surface area contributed by atoms with Gasteiger partial charge < -0.3 is 34.7 Å². The van der Waals surface area contributed by atoms with Gasteiger partial charge in [-0.05, 0) is 30.9 Å². The molecule has 2 fully saturated rings. The summed E-state index contributed by atoms with van der Waals surface area (Å²) in [6.45, 7) is 2.57. The number of aromatic nitrogens is 2. The van der Waals surface area contributed by atoms with Gasteiger partial charge in [0, 0.05) is 62.9 Å². The van der Waals surface area contributed by atoms with Gasteiger partial charge in [0.05, 0.1) is 31.3 Å². The molecule has 10 nitrogen and oxygen atoms in total. The molecule has 0 unspecified atom stereocenters. The number of fused-ring (bicyclic) bond motifs is 1. The Kier molecular flexibility index (Phi) is 8.78. The van der Waals surface area contributed by atoms with Crippen LogP contribution in [0, 0.1) is 0 Å². The van der Waals surface area contributed by atoms with Crippen LogP contribution in [-0.2, 0) is 16.0 Å². The quantitative estimate of drug-likeness (QED) is 0.349. The predicted octanol–water partition coefficient (Wildman–Crippen LogP) is 3.81. The summed E-state index contributed by atoms with van der Waals surface area (Å²) >= 11 is 0. The van der Waals surface area contributed by atoms with Crippen molar-refractivity contribution >= 4 is 17.5 Å². The van der Waals surface area contributed by atoms with E-state index in [-0.39, 0.29) is 30.5 Å². The van der Waals surface area contributed by atoms with Gasteiger partial charge in [-0.25, -0.2) is 4.98 Å². The number of carbonyl (C=O) groups excluding carboxylic acids is 2. The van der Waals surface area contributed by atoms with Crippen molar-refractivity contribution < 1.29 is 24.2 Å². The van der Waals surface area contributed by atoms with Gasteiger partial charge >= 0.3 is 0 Å². The number of methoxy groups -OCH3 is 1. The number of nitrogens with zero attached hydrogens (tertiary/aromatic N) is 3. The molecule has 3 N–H and O–H groups in total. The number of hydrogen-bond acceptors (Lipinski definition) is 7. The zero-order valence-corrected chi connectivity index (χ0v) is 24.8. The van der Waals surface area contributed by atoms with Crippen molar-refractivity contribution in [2.24, 2.45) is 0 Å². The molecular weight excluding hydrogens is 546 g/mol. The molecule has 3 aliphatic rings. The molecule has 3 aromatic rings. The van der Waals surface area contributed by atoms with Gasteiger partial charge in [0.15, 0.2) is 5.69 Å². The standard InChI is InChI=1S/C33H41N5O5/c1-42-21-33(41)15-6-5-9-28(33)38-22-35-30(31(38)24-7-3-2-4-8-24)32(40)37-17-16-34-20-25(37)14-18-43-26-12-10-23-11-13-29(39)36-27(23)19-26/h2-4,7-8,10,12,19,22,25,28,34,41H,5-6,9,11,13-18,20-21H2,1H3,(H,36,39)/t25-,28-,33-/m1/s1. The topological polar surface area (TPSA) is 118 Å². The average Bonchev–Trinajstić information content (AvgIpc) is 3.46. The van der Waals surface area contributed by atoms with E-state index >= 15 is 0 Å². The first-order valence-electron chi connectivity index (χ1n) is 15.4. The molecule has 3 atom stereocenters. The molecule has 43 heavy (non-hydrogen) atoms. The number of rotatable bonds is 9. The van der Waals surface area contributed by atoms with Crippen molar-refractivity contribution in [3.05, 3.63) is 66.1 Å². The fourth-order valence-electron chi connectivity index (χ4n) is 6.83. The van der Waals surface area contributed by atoms with Crippen LogP contribution in [0.4, 0.5) is 5.69 Å². The van der Waals surface area contributed by atoms with E-state index in [2.05, 4.69) is 10.6 Å². The Morgan fingerprint density at radius 1 is 1.16 bits per heavy atom. The molecule has 3 heterocycles. The summed E-state index contributed by atoms with van der Waals surface area (Å²) in [7, 11) is 1.61. The highest BCUT2D eigenvalue weighted by Crippen LogP contribution is 2.41. The summed E-state index contributed by atoms with van der Waals surface area (Å²) in [5.41, 5.74) is 2.91. The Hall–Kier alpha value is -3.73. The number of hydrogen-bond donors (Lipinski definition) is 3. The molecule has 1 saturated heterocycles. The van der Waals surface area contributed by atoms with Gasteiger partial charge in [0.1, 0.15) is 11.4 Å². The Balaban J connectivity index is 1.23. The number of imidazole rings is 1. The van der Waals surface area contributed by atoms with E-state index in [9.17, 15) is 14.7 Å². The maximum atomic E-state index is 14.3. The smallest absolute Gasteiger partial charge is 0.275 e. The molecule has 0 bridgehead atoms. The number of carbonyl (C=O) groups is 2. The number of nitrogens with one attached hydrogen (secondary N) is 2. The van der Waals surface area contributed by atoms with Crippen LogP contribution in [0.15, 0.2) is 54.9 Å². The molecule has 1 aliphatic carbocycles. The fraction of sp³-hybridized carbons (Fsp3) is 0.485. The molecule has 1 saturated carbocycles. The van der Waals surface area contributed by atoms with Crippen LogP contribution < -0.4 is 15.4 Å². The third-order valence-electron chi connectivity index (χ3n) is 9.04. The maximum absolute atomic E-state index is 14.3. The van der Waals surface area contributed by atoms with Crippen molar-refractivity contribution in [1.29, 1.82) is 0 Å². The minimum atomic E-state index is -1.04. The second kappa shape index (κ2) is 12.9. The van der Waals surface area contributed by atoms with Crippen molar-refractivity contribution in [1.82, 2.24) is 19.8 Å². The molecule has 2 aromatic carbocycles. The molecule has 6 rings (SSSR count). The monoisotopic (exact) mass is 587 g/mol. The maximum Gasteiger partial charge on any atom is 0.275 e. The third kappa shape index (κ3) is 6.18. The lowest BCUT2D eigenvalue weighted by molar-refractivity contribution is -0.116. The van der Waals surface area contributed by atoms with Gasteiger partial charge in [0.2, 0.25) is 5.91 Å². The number of aliphatic hydroxyl groups is 1. The van der Waals surface area contributed by atoms with Crippen molar-refractivity contribution in [2.45, 2.75) is 62.6 Å². The van der Waals surface area contributed by atoms with Crippen LogP contribution >= 0.6 is 0 Å². The van der Waals surface area contributed by atoms with Crippen LogP contribution in [0.1, 0.15) is 60.6 Å². The van der Waals surface area contributed by atoms with Gasteiger partial charge in [-0.3, -0.25) is 9.59 Å². The second-order valence-corrected chi connectivity index (χ2v) is 11.9. The molecule has 2 amide bonds. The van der Waals surface area contributed by atoms with Crippen LogP contribution in [-0.4, -0.2) is 83.0 Å². The number of aryl methyl sites for hydroxylation is 1. The van der Waals surface area contributed by atoms with E-state index in [1.165, 1.54) is 0 Å². The summed E-state index contributed by atoms with van der Waals surface area (Å²) in [5.74, 6) is 0.603. The van der Waals surface area contributed by atoms with Gasteiger partial charge in [-0.1, -0.05) is 49.2 Å². The van der Waals surface area contributed by atoms with E-state index in [4.69, 9.17) is 14.5 Å². The van der Waals surface area contributed by atoms with Gasteiger partial charge in [-0.15, -0.1) is 0 Å². The normalized spacial score (nSPS) is 23.9. The molecule has 1 aromatic heterocycles. The Morgan fingerprint density at radius 2 is 2.02 bits per heavy atom. The third-order valence-corrected chi connectivity index (χ3v) is 9.04. The first-order valence-corrected chi connectivity index (χ1v) is 15.4. The van der Waals surface area contributed by atoms with E-state index in [0.29, 0.717) is 56.9 Å². The Morgan fingerprint density at radius 3 is 2.86 bits per heavy atom. The lowest BCUT2D eigenvalue weighted by Crippen LogP contribution is -2.54. The summed E-state index contributed by atoms with van der Waals surface area (Å²) in [6.07, 6.45) is 6.94. The largest absolute Gasteiger partial charge is 0.493 e. The molecule has 10 heteroatoms. The van der Waals surface area contributed by atoms with Crippen molar-refractivity contribution in [2.75, 3.05) is 45.3 Å². The summed E-state index contributed by atoms with van der Waals surface area (Å²) in [5, 5.41) is 18.0. The SMILES string of the molecule is COC[C@]1(O)CCCC[C@H]1n1cnc(C(=O)N2CCNC[C@H]2CCOc2ccc3c(c2)NC(=O)CC3)c1-c1ccccc1. The number of ether oxygens (including phenoxy) is 2. The zero-order chi connectivity index (χ0) is 29.8. The first-order chi connectivity index (χ1) is 21.0. The highest BCUT2D eigenvalue weighted by Gasteiger charge is 2.42. The summed E-state index contributed by atoms with van der Waals surface area (Å²) < 4.78 is 13.6. The Labute approximate surface area is 252 Å². The minimum Gasteiger partial charge on any atom is -0.493 e. The highest BCUT2D eigenvalue weighted by molar-refractivity contribution is 5.98. The molecule has 0 radical (unpaired) electrons. The lowest BCUT2D eigenvalue weighted by Gasteiger charge is -2.41. The van der Waals surface area contributed by atoms with Crippen LogP contribution in [0.2, 0.25) is 0 Å². The van der Waals surface area contributed by atoms with Crippen LogP contribution in [0.3, 0.4) is 0 Å². The van der Waals surface area contributed by atoms with Crippen LogP contribution in [0.25, 0.3) is 11.3 Å². The number of piperazine rings is 1. The van der Waals surface area contributed by atoms with E-state index < -0.39 is 5.60 Å². The second-order valence-electron chi connectivity index (χ2n) is 11.9. The van der Waals surface area contributed by atoms with E-state index in [1.54, 1.807) is 13.4 Å². The molecular formula is C33H41N5O5. The van der Waals surface area contributed by atoms with Crippen molar-refractivity contribution in [3.8, 4) is 17.0 Å². The average molecular weight is 588 g/mol. The molecule has 2 aliphatic heterocycles. The summed E-state index contributed by atoms with van der Waals surface area (Å²) in [4.78, 5) is 32.7. The number of anilines is 1. The molecule has 228 valence electrons. The minimum absolute atomic E-state index is 0.0243. The Bertz CT molecular complexity index is 1440. The van der Waals surface area contributed by atoms with E-state index in [1.807, 2.05) is 58.0 Å². The van der Waals surface area contributed by atoms with Gasteiger partial charge in [-0.2, -0.15) is 0 Å². The number of benzene rings is 2. The van der Waals surface area contributed by atoms with Gasteiger partial charge in [0.25, 0.3) is 5.91 Å². The van der Waals surface area contributed by atoms with Crippen molar-refractivity contribution in [3.63, 3.8) is 0 Å². The first kappa shape index (κ1) is 29.3. The van der Waals surface area contributed by atoms with E-state index in [0.717, 1.165) is 48.2 Å². The molecule has 0 spiro atoms. The number of amides is 2. The fourth-order valence-corrected chi connectivity index (χ4v) is 6.83. The predicted molar refractivity (Wildman–Crippen MR) is 163 cm³/mol. The lowest BCUT2D eigenvalue weighted by atomic mass is 9.80. The van der Waals surface area contributed by atoms with Crippen LogP contribution in [0.5, 0.6) is 5.75 Å². The zero-order valence-electron chi connectivity index (χ0n) is 24.8. The summed E-state index contributed by atoms with van der Waals surface area (Å²) in [6, 6.07) is 15.3. The highest BCUT2D eigenvalue weighted by atomic mass is 16.5.